The number of nitrogens with two attached hydrogens (primary N) is 1. The van der Waals surface area contributed by atoms with Crippen molar-refractivity contribution in [2.45, 2.75) is 24.8 Å². The molecular weight excluding hydrogens is 252 g/mol. The molecule has 0 bridgehead atoms. The van der Waals surface area contributed by atoms with Crippen LogP contribution in [0, 0.1) is 13.8 Å². The van der Waals surface area contributed by atoms with Gasteiger partial charge in [-0.15, -0.1) is 11.8 Å². The maximum Gasteiger partial charge on any atom is 0.0712 e. The summed E-state index contributed by atoms with van der Waals surface area (Å²) in [4.78, 5) is 1.26. The van der Waals surface area contributed by atoms with Crippen molar-refractivity contribution in [2.24, 2.45) is 5.84 Å². The predicted molar refractivity (Wildman–Crippen MR) is 83.3 cm³/mol. The molecule has 0 aliphatic rings. The van der Waals surface area contributed by atoms with Crippen LogP contribution in [0.4, 0.5) is 0 Å². The molecule has 2 nitrogen and oxygen atoms in total. The van der Waals surface area contributed by atoms with Gasteiger partial charge >= 0.3 is 0 Å². The van der Waals surface area contributed by atoms with E-state index in [1.807, 2.05) is 0 Å². The van der Waals surface area contributed by atoms with E-state index in [0.29, 0.717) is 0 Å². The zero-order chi connectivity index (χ0) is 13.8. The van der Waals surface area contributed by atoms with Crippen molar-refractivity contribution in [2.75, 3.05) is 6.26 Å². The molecule has 1 unspecified atom stereocenters. The lowest BCUT2D eigenvalue weighted by Gasteiger charge is -2.20. The summed E-state index contributed by atoms with van der Waals surface area (Å²) in [7, 11) is 0. The molecular formula is C16H20N2S. The minimum Gasteiger partial charge on any atom is -0.271 e. The van der Waals surface area contributed by atoms with Crippen LogP contribution in [0.15, 0.2) is 47.4 Å². The normalized spacial score (nSPS) is 12.4. The summed E-state index contributed by atoms with van der Waals surface area (Å²) in [6.07, 6.45) is 2.08. The van der Waals surface area contributed by atoms with Crippen LogP contribution in [0.2, 0.25) is 0 Å². The second-order valence-electron chi connectivity index (χ2n) is 4.73. The first-order valence-corrected chi connectivity index (χ1v) is 7.55. The van der Waals surface area contributed by atoms with Gasteiger partial charge in [0.2, 0.25) is 0 Å². The van der Waals surface area contributed by atoms with Crippen molar-refractivity contribution in [1.29, 1.82) is 0 Å². The molecule has 0 spiro atoms. The first kappa shape index (κ1) is 14.1. The van der Waals surface area contributed by atoms with Crippen LogP contribution >= 0.6 is 11.8 Å². The number of aryl methyl sites for hydroxylation is 2. The second-order valence-corrected chi connectivity index (χ2v) is 5.61. The molecule has 0 aromatic heterocycles. The number of benzene rings is 2. The molecule has 0 aliphatic heterocycles. The van der Waals surface area contributed by atoms with Gasteiger partial charge in [-0.25, -0.2) is 5.43 Å². The molecule has 2 rings (SSSR count). The Kier molecular flexibility index (Phi) is 4.64. The fourth-order valence-electron chi connectivity index (χ4n) is 2.23. The minimum absolute atomic E-state index is 0.0378. The van der Waals surface area contributed by atoms with E-state index in [2.05, 4.69) is 68.0 Å². The monoisotopic (exact) mass is 272 g/mol. The number of nitrogens with one attached hydrogen (secondary N) is 1. The van der Waals surface area contributed by atoms with Crippen molar-refractivity contribution < 1.29 is 0 Å². The largest absolute Gasteiger partial charge is 0.271 e. The lowest BCUT2D eigenvalue weighted by Crippen LogP contribution is -2.29. The highest BCUT2D eigenvalue weighted by molar-refractivity contribution is 7.98. The summed E-state index contributed by atoms with van der Waals surface area (Å²) in [6.45, 7) is 4.22. The maximum atomic E-state index is 5.77. The van der Waals surface area contributed by atoms with Gasteiger partial charge in [0, 0.05) is 4.90 Å². The molecule has 2 aromatic carbocycles. The van der Waals surface area contributed by atoms with Crippen LogP contribution < -0.4 is 11.3 Å². The Bertz CT molecular complexity index is 549. The quantitative estimate of drug-likeness (QED) is 0.507. The summed E-state index contributed by atoms with van der Waals surface area (Å²) >= 11 is 1.75. The van der Waals surface area contributed by atoms with E-state index in [9.17, 15) is 0 Å². The SMILES string of the molecule is CSc1ccc(C(NN)c2cc(C)ccc2C)cc1. The van der Waals surface area contributed by atoms with Crippen molar-refractivity contribution in [3.8, 4) is 0 Å². The van der Waals surface area contributed by atoms with Crippen molar-refractivity contribution in [3.63, 3.8) is 0 Å². The maximum absolute atomic E-state index is 5.77. The Balaban J connectivity index is 2.40. The number of rotatable bonds is 4. The van der Waals surface area contributed by atoms with E-state index in [1.165, 1.54) is 27.1 Å². The molecule has 3 heteroatoms. The van der Waals surface area contributed by atoms with Crippen LogP contribution in [0.25, 0.3) is 0 Å². The van der Waals surface area contributed by atoms with Gasteiger partial charge < -0.3 is 0 Å². The fourth-order valence-corrected chi connectivity index (χ4v) is 2.64. The zero-order valence-corrected chi connectivity index (χ0v) is 12.4. The lowest BCUT2D eigenvalue weighted by molar-refractivity contribution is 0.633. The van der Waals surface area contributed by atoms with E-state index in [4.69, 9.17) is 5.84 Å². The standard InChI is InChI=1S/C16H20N2S/c1-11-4-5-12(2)15(10-11)16(18-17)13-6-8-14(19-3)9-7-13/h4-10,16,18H,17H2,1-3H3. The Morgan fingerprint density at radius 3 is 2.32 bits per heavy atom. The predicted octanol–water partition coefficient (Wildman–Crippen LogP) is 3.58. The first-order chi connectivity index (χ1) is 9.15. The minimum atomic E-state index is 0.0378. The average molecular weight is 272 g/mol. The Morgan fingerprint density at radius 1 is 1.05 bits per heavy atom. The van der Waals surface area contributed by atoms with Crippen LogP contribution in [0.5, 0.6) is 0 Å². The number of thioether (sulfide) groups is 1. The number of hydrazine groups is 1. The van der Waals surface area contributed by atoms with E-state index in [-0.39, 0.29) is 6.04 Å². The zero-order valence-electron chi connectivity index (χ0n) is 11.6. The molecule has 0 amide bonds. The lowest BCUT2D eigenvalue weighted by atomic mass is 9.94. The third-order valence-electron chi connectivity index (χ3n) is 3.36. The van der Waals surface area contributed by atoms with Gasteiger partial charge in [-0.05, 0) is 48.9 Å². The molecule has 0 saturated carbocycles. The summed E-state index contributed by atoms with van der Waals surface area (Å²) in [6, 6.07) is 15.0. The summed E-state index contributed by atoms with van der Waals surface area (Å²) in [5, 5.41) is 0. The van der Waals surface area contributed by atoms with Gasteiger partial charge in [0.05, 0.1) is 6.04 Å². The van der Waals surface area contributed by atoms with Crippen LogP contribution in [0.1, 0.15) is 28.3 Å². The Hall–Kier alpha value is -1.29. The summed E-state index contributed by atoms with van der Waals surface area (Å²) in [5.41, 5.74) is 7.86. The van der Waals surface area contributed by atoms with Gasteiger partial charge in [-0.2, -0.15) is 0 Å². The molecule has 2 aromatic rings. The van der Waals surface area contributed by atoms with Gasteiger partial charge in [0.25, 0.3) is 0 Å². The smallest absolute Gasteiger partial charge is 0.0712 e. The second kappa shape index (κ2) is 6.24. The topological polar surface area (TPSA) is 38.0 Å². The van der Waals surface area contributed by atoms with Crippen LogP contribution in [0.3, 0.4) is 0 Å². The summed E-state index contributed by atoms with van der Waals surface area (Å²) in [5.74, 6) is 5.77. The van der Waals surface area contributed by atoms with Crippen LogP contribution in [-0.4, -0.2) is 6.26 Å². The van der Waals surface area contributed by atoms with E-state index in [1.54, 1.807) is 11.8 Å². The van der Waals surface area contributed by atoms with Gasteiger partial charge in [-0.3, -0.25) is 5.84 Å². The molecule has 1 atom stereocenters. The van der Waals surface area contributed by atoms with Crippen molar-refractivity contribution in [3.05, 3.63) is 64.7 Å². The van der Waals surface area contributed by atoms with Gasteiger partial charge in [0.1, 0.15) is 0 Å². The van der Waals surface area contributed by atoms with Gasteiger partial charge in [-0.1, -0.05) is 35.9 Å². The molecule has 0 fully saturated rings. The van der Waals surface area contributed by atoms with E-state index >= 15 is 0 Å². The van der Waals surface area contributed by atoms with Gasteiger partial charge in [0.15, 0.2) is 0 Å². The van der Waals surface area contributed by atoms with Crippen molar-refractivity contribution >= 4 is 11.8 Å². The molecule has 19 heavy (non-hydrogen) atoms. The first-order valence-electron chi connectivity index (χ1n) is 6.33. The highest BCUT2D eigenvalue weighted by Gasteiger charge is 2.14. The molecule has 0 saturated heterocycles. The van der Waals surface area contributed by atoms with Crippen LogP contribution in [-0.2, 0) is 0 Å². The molecule has 0 radical (unpaired) electrons. The Labute approximate surface area is 119 Å². The third-order valence-corrected chi connectivity index (χ3v) is 4.11. The van der Waals surface area contributed by atoms with E-state index in [0.717, 1.165) is 0 Å². The highest BCUT2D eigenvalue weighted by atomic mass is 32.2. The molecule has 0 heterocycles. The molecule has 100 valence electrons. The summed E-state index contributed by atoms with van der Waals surface area (Å²) < 4.78 is 0. The molecule has 3 N–H and O–H groups in total. The molecule has 0 aliphatic carbocycles. The average Bonchev–Trinajstić information content (AvgIpc) is 2.44. The Morgan fingerprint density at radius 2 is 1.74 bits per heavy atom. The number of hydrogen-bond donors (Lipinski definition) is 2. The van der Waals surface area contributed by atoms with E-state index < -0.39 is 0 Å². The fraction of sp³-hybridized carbons (Fsp3) is 0.250. The highest BCUT2D eigenvalue weighted by Crippen LogP contribution is 2.26. The third kappa shape index (κ3) is 3.18. The van der Waals surface area contributed by atoms with Crippen molar-refractivity contribution in [1.82, 2.24) is 5.43 Å². The number of hydrogen-bond acceptors (Lipinski definition) is 3.